The molecule has 0 radical (unpaired) electrons. The van der Waals surface area contributed by atoms with E-state index in [-0.39, 0.29) is 0 Å². The quantitative estimate of drug-likeness (QED) is 0.562. The number of piperazine rings is 1. The van der Waals surface area contributed by atoms with Crippen molar-refractivity contribution in [1.29, 1.82) is 0 Å². The molecule has 0 saturated carbocycles. The van der Waals surface area contributed by atoms with Gasteiger partial charge in [0.15, 0.2) is 5.96 Å². The summed E-state index contributed by atoms with van der Waals surface area (Å²) in [5.41, 5.74) is 1.39. The smallest absolute Gasteiger partial charge is 0.193 e. The maximum Gasteiger partial charge on any atom is 0.193 e. The maximum atomic E-state index is 5.29. The molecule has 2 unspecified atom stereocenters. The average molecular weight is 402 g/mol. The van der Waals surface area contributed by atoms with Crippen molar-refractivity contribution in [2.24, 2.45) is 4.99 Å². The number of likely N-dealkylation sites (N-methyl/N-ethyl adjacent to an activating group) is 1. The van der Waals surface area contributed by atoms with E-state index in [2.05, 4.69) is 65.1 Å². The van der Waals surface area contributed by atoms with Crippen molar-refractivity contribution in [2.45, 2.75) is 39.2 Å². The average Bonchev–Trinajstić information content (AvgIpc) is 3.26. The van der Waals surface area contributed by atoms with E-state index in [0.717, 1.165) is 57.5 Å². The Hall–Kier alpha value is -1.79. The van der Waals surface area contributed by atoms with E-state index < -0.39 is 0 Å². The third-order valence-corrected chi connectivity index (χ3v) is 6.39. The second kappa shape index (κ2) is 10.8. The van der Waals surface area contributed by atoms with Crippen molar-refractivity contribution in [3.8, 4) is 5.75 Å². The second-order valence-electron chi connectivity index (χ2n) is 8.22. The highest BCUT2D eigenvalue weighted by Gasteiger charge is 2.26. The molecule has 2 saturated heterocycles. The monoisotopic (exact) mass is 401 g/mol. The van der Waals surface area contributed by atoms with Crippen molar-refractivity contribution in [3.05, 3.63) is 29.8 Å². The van der Waals surface area contributed by atoms with Gasteiger partial charge >= 0.3 is 0 Å². The highest BCUT2D eigenvalue weighted by Crippen LogP contribution is 2.28. The number of benzene rings is 1. The molecule has 2 atom stereocenters. The lowest BCUT2D eigenvalue weighted by atomic mass is 9.98. The largest absolute Gasteiger partial charge is 0.497 e. The molecule has 2 aliphatic rings. The number of likely N-dealkylation sites (tertiary alicyclic amines) is 1. The number of aliphatic imine (C=N–C) groups is 1. The van der Waals surface area contributed by atoms with E-state index in [9.17, 15) is 0 Å². The minimum atomic E-state index is 0.489. The molecule has 0 amide bonds. The Kier molecular flexibility index (Phi) is 8.19. The molecule has 162 valence electrons. The second-order valence-corrected chi connectivity index (χ2v) is 8.22. The van der Waals surface area contributed by atoms with Gasteiger partial charge in [-0.2, -0.15) is 0 Å². The van der Waals surface area contributed by atoms with Crippen molar-refractivity contribution >= 4 is 5.96 Å². The zero-order chi connectivity index (χ0) is 20.6. The lowest BCUT2D eigenvalue weighted by Gasteiger charge is -2.37. The summed E-state index contributed by atoms with van der Waals surface area (Å²) in [5.74, 6) is 2.55. The van der Waals surface area contributed by atoms with Crippen LogP contribution in [-0.4, -0.2) is 92.7 Å². The Morgan fingerprint density at radius 1 is 1.14 bits per heavy atom. The number of rotatable bonds is 7. The normalized spacial score (nSPS) is 22.7. The molecule has 2 aliphatic heterocycles. The van der Waals surface area contributed by atoms with Crippen LogP contribution in [0.1, 0.15) is 38.7 Å². The number of hydrogen-bond donors (Lipinski definition) is 1. The molecule has 1 aromatic carbocycles. The molecule has 6 nitrogen and oxygen atoms in total. The van der Waals surface area contributed by atoms with Gasteiger partial charge in [-0.15, -0.1) is 0 Å². The van der Waals surface area contributed by atoms with Crippen LogP contribution in [-0.2, 0) is 0 Å². The number of hydrogen-bond acceptors (Lipinski definition) is 4. The fourth-order valence-electron chi connectivity index (χ4n) is 4.38. The van der Waals surface area contributed by atoms with E-state index >= 15 is 0 Å². The molecule has 3 rings (SSSR count). The first-order valence-electron chi connectivity index (χ1n) is 11.3. The fourth-order valence-corrected chi connectivity index (χ4v) is 4.38. The SMILES string of the molecule is CCNC(=NCC(C)N1CCN(CC)CC1)N1CCC(c2ccc(OC)cc2)C1. The molecule has 1 N–H and O–H groups in total. The van der Waals surface area contributed by atoms with E-state index in [1.165, 1.54) is 25.1 Å². The minimum absolute atomic E-state index is 0.489. The summed E-state index contributed by atoms with van der Waals surface area (Å²) < 4.78 is 5.29. The first-order valence-corrected chi connectivity index (χ1v) is 11.3. The standard InChI is InChI=1S/C23H39N5O/c1-5-24-23(25-17-19(3)27-15-13-26(6-2)14-16-27)28-12-11-21(18-28)20-7-9-22(29-4)10-8-20/h7-10,19,21H,5-6,11-18H2,1-4H3,(H,24,25). The van der Waals surface area contributed by atoms with Gasteiger partial charge in [0.25, 0.3) is 0 Å². The molecular formula is C23H39N5O. The number of ether oxygens (including phenoxy) is 1. The fraction of sp³-hybridized carbons (Fsp3) is 0.696. The Labute approximate surface area is 176 Å². The van der Waals surface area contributed by atoms with Gasteiger partial charge < -0.3 is 19.9 Å². The third-order valence-electron chi connectivity index (χ3n) is 6.39. The van der Waals surface area contributed by atoms with Crippen LogP contribution < -0.4 is 10.1 Å². The van der Waals surface area contributed by atoms with E-state index in [4.69, 9.17) is 9.73 Å². The highest BCUT2D eigenvalue weighted by atomic mass is 16.5. The minimum Gasteiger partial charge on any atom is -0.497 e. The molecule has 0 bridgehead atoms. The van der Waals surface area contributed by atoms with Gasteiger partial charge in [0.1, 0.15) is 5.75 Å². The predicted molar refractivity (Wildman–Crippen MR) is 121 cm³/mol. The Balaban J connectivity index is 1.56. The van der Waals surface area contributed by atoms with Crippen molar-refractivity contribution < 1.29 is 4.74 Å². The molecule has 2 heterocycles. The number of guanidine groups is 1. The topological polar surface area (TPSA) is 43.3 Å². The van der Waals surface area contributed by atoms with Crippen molar-refractivity contribution in [2.75, 3.05) is 66.0 Å². The molecule has 29 heavy (non-hydrogen) atoms. The maximum absolute atomic E-state index is 5.29. The highest BCUT2D eigenvalue weighted by molar-refractivity contribution is 5.80. The van der Waals surface area contributed by atoms with E-state index in [1.54, 1.807) is 7.11 Å². The van der Waals surface area contributed by atoms with Gasteiger partial charge in [-0.3, -0.25) is 9.89 Å². The number of nitrogens with zero attached hydrogens (tertiary/aromatic N) is 4. The van der Waals surface area contributed by atoms with E-state index in [1.807, 2.05) is 0 Å². The third kappa shape index (κ3) is 5.86. The number of methoxy groups -OCH3 is 1. The van der Waals surface area contributed by atoms with Crippen LogP contribution in [0.2, 0.25) is 0 Å². The molecule has 1 aromatic rings. The molecule has 0 spiro atoms. The summed E-state index contributed by atoms with van der Waals surface area (Å²) in [5, 5.41) is 3.52. The van der Waals surface area contributed by atoms with Crippen LogP contribution in [0.4, 0.5) is 0 Å². The van der Waals surface area contributed by atoms with Crippen molar-refractivity contribution in [3.63, 3.8) is 0 Å². The first-order chi connectivity index (χ1) is 14.1. The Bertz CT molecular complexity index is 639. The predicted octanol–water partition coefficient (Wildman–Crippen LogP) is 2.48. The van der Waals surface area contributed by atoms with Crippen LogP contribution in [0.5, 0.6) is 5.75 Å². The number of nitrogens with one attached hydrogen (secondary N) is 1. The van der Waals surface area contributed by atoms with Gasteiger partial charge in [-0.25, -0.2) is 0 Å². The van der Waals surface area contributed by atoms with Gasteiger partial charge in [0.05, 0.1) is 13.7 Å². The Morgan fingerprint density at radius 2 is 1.86 bits per heavy atom. The zero-order valence-electron chi connectivity index (χ0n) is 18.7. The van der Waals surface area contributed by atoms with Crippen LogP contribution in [0.3, 0.4) is 0 Å². The van der Waals surface area contributed by atoms with Gasteiger partial charge in [0, 0.05) is 57.8 Å². The van der Waals surface area contributed by atoms with Crippen LogP contribution in [0, 0.1) is 0 Å². The van der Waals surface area contributed by atoms with E-state index in [0.29, 0.717) is 12.0 Å². The van der Waals surface area contributed by atoms with Crippen LogP contribution in [0.15, 0.2) is 29.3 Å². The van der Waals surface area contributed by atoms with Gasteiger partial charge in [0.2, 0.25) is 0 Å². The summed E-state index contributed by atoms with van der Waals surface area (Å²) in [6.45, 7) is 16.4. The summed E-state index contributed by atoms with van der Waals surface area (Å²) >= 11 is 0. The van der Waals surface area contributed by atoms with Crippen molar-refractivity contribution in [1.82, 2.24) is 20.0 Å². The molecule has 0 aliphatic carbocycles. The summed E-state index contributed by atoms with van der Waals surface area (Å²) in [4.78, 5) is 12.6. The Morgan fingerprint density at radius 3 is 2.48 bits per heavy atom. The first kappa shape index (κ1) is 21.9. The van der Waals surface area contributed by atoms with Crippen LogP contribution >= 0.6 is 0 Å². The summed E-state index contributed by atoms with van der Waals surface area (Å²) in [7, 11) is 1.72. The van der Waals surface area contributed by atoms with Gasteiger partial charge in [-0.05, 0) is 44.5 Å². The summed E-state index contributed by atoms with van der Waals surface area (Å²) in [6, 6.07) is 9.03. The van der Waals surface area contributed by atoms with Crippen LogP contribution in [0.25, 0.3) is 0 Å². The summed E-state index contributed by atoms with van der Waals surface area (Å²) in [6.07, 6.45) is 1.17. The molecule has 0 aromatic heterocycles. The molecule has 2 fully saturated rings. The lowest BCUT2D eigenvalue weighted by Crippen LogP contribution is -2.50. The zero-order valence-corrected chi connectivity index (χ0v) is 18.7. The molecular weight excluding hydrogens is 362 g/mol. The lowest BCUT2D eigenvalue weighted by molar-refractivity contribution is 0.109. The molecule has 6 heteroatoms. The van der Waals surface area contributed by atoms with Gasteiger partial charge in [-0.1, -0.05) is 19.1 Å².